The number of pyridine rings is 1. The van der Waals surface area contributed by atoms with E-state index in [0.29, 0.717) is 73.1 Å². The van der Waals surface area contributed by atoms with Crippen LogP contribution in [-0.4, -0.2) is 85.1 Å². The molecule has 0 atom stereocenters. The molecule has 0 bridgehead atoms. The van der Waals surface area contributed by atoms with Crippen LogP contribution in [0.15, 0.2) is 36.7 Å². The van der Waals surface area contributed by atoms with Crippen LogP contribution in [0.2, 0.25) is 0 Å². The van der Waals surface area contributed by atoms with Gasteiger partial charge in [-0.3, -0.25) is 24.8 Å². The normalized spacial score (nSPS) is 13.8. The van der Waals surface area contributed by atoms with E-state index < -0.39 is 0 Å². The number of methoxy groups -OCH3 is 1. The number of nitrogens with one attached hydrogen (secondary N) is 2. The average Bonchev–Trinajstić information content (AvgIpc) is 3.36. The second kappa shape index (κ2) is 13.2. The van der Waals surface area contributed by atoms with E-state index in [1.807, 2.05) is 17.9 Å². The van der Waals surface area contributed by atoms with E-state index in [1.165, 1.54) is 11.3 Å². The highest BCUT2D eigenvalue weighted by Gasteiger charge is 2.18. The van der Waals surface area contributed by atoms with Gasteiger partial charge in [0.05, 0.1) is 32.1 Å². The van der Waals surface area contributed by atoms with Gasteiger partial charge < -0.3 is 19.5 Å². The Morgan fingerprint density at radius 3 is 2.76 bits per heavy atom. The van der Waals surface area contributed by atoms with E-state index >= 15 is 0 Å². The molecule has 1 aliphatic heterocycles. The molecule has 0 unspecified atom stereocenters. The summed E-state index contributed by atoms with van der Waals surface area (Å²) in [6.07, 6.45) is 4.12. The molecule has 1 saturated heterocycles. The molecule has 0 aliphatic carbocycles. The molecular weight excluding hydrogens is 496 g/mol. The predicted octanol–water partition coefficient (Wildman–Crippen LogP) is 2.85. The fourth-order valence-electron chi connectivity index (χ4n) is 3.67. The maximum absolute atomic E-state index is 13.0. The molecule has 2 aromatic heterocycles. The molecule has 1 aromatic carbocycles. The van der Waals surface area contributed by atoms with Gasteiger partial charge >= 0.3 is 0 Å². The monoisotopic (exact) mass is 526 g/mol. The van der Waals surface area contributed by atoms with Gasteiger partial charge in [-0.1, -0.05) is 11.3 Å². The third-order valence-corrected chi connectivity index (χ3v) is 6.52. The number of nitrogens with zero attached hydrogens (tertiary/aromatic N) is 4. The summed E-state index contributed by atoms with van der Waals surface area (Å²) >= 11 is 1.26. The zero-order chi connectivity index (χ0) is 26.0. The average molecular weight is 527 g/mol. The summed E-state index contributed by atoms with van der Waals surface area (Å²) in [5.74, 6) is -0.0877. The molecular formula is C25H30N6O5S. The summed E-state index contributed by atoms with van der Waals surface area (Å²) in [6.45, 7) is 5.75. The summed E-state index contributed by atoms with van der Waals surface area (Å²) in [5, 5.41) is 15.0. The van der Waals surface area contributed by atoms with Crippen molar-refractivity contribution in [1.29, 1.82) is 0 Å². The Hall–Kier alpha value is -3.45. The van der Waals surface area contributed by atoms with Gasteiger partial charge in [-0.05, 0) is 36.8 Å². The zero-order valence-electron chi connectivity index (χ0n) is 20.9. The molecule has 11 nitrogen and oxygen atoms in total. The van der Waals surface area contributed by atoms with E-state index in [1.54, 1.807) is 37.7 Å². The third-order valence-electron chi connectivity index (χ3n) is 5.65. The topological polar surface area (TPSA) is 128 Å². The Bertz CT molecular complexity index is 1210. The third kappa shape index (κ3) is 7.52. The largest absolute Gasteiger partial charge is 0.491 e. The van der Waals surface area contributed by atoms with Gasteiger partial charge in [0.15, 0.2) is 5.01 Å². The summed E-state index contributed by atoms with van der Waals surface area (Å²) in [7, 11) is 1.63. The second-order valence-electron chi connectivity index (χ2n) is 8.40. The van der Waals surface area contributed by atoms with E-state index in [4.69, 9.17) is 14.2 Å². The highest BCUT2D eigenvalue weighted by atomic mass is 32.1. The molecule has 3 heterocycles. The Morgan fingerprint density at radius 2 is 1.97 bits per heavy atom. The van der Waals surface area contributed by atoms with Crippen LogP contribution < -0.4 is 15.4 Å². The van der Waals surface area contributed by atoms with E-state index in [-0.39, 0.29) is 18.4 Å². The highest BCUT2D eigenvalue weighted by Crippen LogP contribution is 2.30. The SMILES string of the molecule is COCCCOc1ccc(C(=O)Nc2nnc(-c3cnccc3C)s2)cc1NC(=O)CN1CCOCC1. The van der Waals surface area contributed by atoms with Crippen molar-refractivity contribution in [3.63, 3.8) is 0 Å². The van der Waals surface area contributed by atoms with E-state index in [0.717, 1.165) is 11.1 Å². The number of morpholine rings is 1. The first-order chi connectivity index (χ1) is 18.0. The summed E-state index contributed by atoms with van der Waals surface area (Å²) in [5.41, 5.74) is 2.65. The van der Waals surface area contributed by atoms with Crippen LogP contribution in [0, 0.1) is 6.92 Å². The number of benzene rings is 1. The van der Waals surface area contributed by atoms with Gasteiger partial charge in [0.1, 0.15) is 5.75 Å². The number of hydrogen-bond donors (Lipinski definition) is 2. The lowest BCUT2D eigenvalue weighted by atomic mass is 10.1. The number of aryl methyl sites for hydroxylation is 1. The van der Waals surface area contributed by atoms with Gasteiger partial charge in [-0.15, -0.1) is 10.2 Å². The number of amides is 2. The van der Waals surface area contributed by atoms with Crippen LogP contribution in [-0.2, 0) is 14.3 Å². The summed E-state index contributed by atoms with van der Waals surface area (Å²) < 4.78 is 16.3. The Morgan fingerprint density at radius 1 is 1.14 bits per heavy atom. The van der Waals surface area contributed by atoms with Crippen LogP contribution in [0.25, 0.3) is 10.6 Å². The van der Waals surface area contributed by atoms with Crippen LogP contribution in [0.1, 0.15) is 22.3 Å². The second-order valence-corrected chi connectivity index (χ2v) is 9.38. The minimum Gasteiger partial charge on any atom is -0.491 e. The zero-order valence-corrected chi connectivity index (χ0v) is 21.7. The number of aromatic nitrogens is 3. The van der Waals surface area contributed by atoms with Crippen molar-refractivity contribution in [2.45, 2.75) is 13.3 Å². The quantitative estimate of drug-likeness (QED) is 0.363. The van der Waals surface area contributed by atoms with Gasteiger partial charge in [-0.2, -0.15) is 0 Å². The molecule has 1 fully saturated rings. The first-order valence-corrected chi connectivity index (χ1v) is 12.8. The van der Waals surface area contributed by atoms with Crippen molar-refractivity contribution in [1.82, 2.24) is 20.1 Å². The van der Waals surface area contributed by atoms with E-state index in [2.05, 4.69) is 25.8 Å². The smallest absolute Gasteiger partial charge is 0.257 e. The Kier molecular flexibility index (Phi) is 9.49. The van der Waals surface area contributed by atoms with Crippen LogP contribution in [0.5, 0.6) is 5.75 Å². The van der Waals surface area contributed by atoms with Gasteiger partial charge in [0, 0.05) is 56.7 Å². The standard InChI is InChI=1S/C25H30N6O5S/c1-17-6-7-26-15-19(17)24-29-30-25(37-24)28-23(33)18-4-5-21(36-11-3-10-34-2)20(14-18)27-22(32)16-31-8-12-35-13-9-31/h4-7,14-15H,3,8-13,16H2,1-2H3,(H,27,32)(H,28,30,33). The summed E-state index contributed by atoms with van der Waals surface area (Å²) in [6, 6.07) is 6.82. The molecule has 2 N–H and O–H groups in total. The number of carbonyl (C=O) groups excluding carboxylic acids is 2. The van der Waals surface area contributed by atoms with Crippen molar-refractivity contribution in [2.24, 2.45) is 0 Å². The van der Waals surface area contributed by atoms with Gasteiger partial charge in [0.25, 0.3) is 5.91 Å². The number of hydrogen-bond acceptors (Lipinski definition) is 10. The lowest BCUT2D eigenvalue weighted by Gasteiger charge is -2.26. The predicted molar refractivity (Wildman–Crippen MR) is 140 cm³/mol. The molecule has 0 saturated carbocycles. The molecule has 2 amide bonds. The Balaban J connectivity index is 1.46. The van der Waals surface area contributed by atoms with E-state index in [9.17, 15) is 9.59 Å². The first-order valence-electron chi connectivity index (χ1n) is 11.9. The molecule has 196 valence electrons. The van der Waals surface area contributed by atoms with Crippen molar-refractivity contribution in [3.05, 3.63) is 47.8 Å². The molecule has 0 spiro atoms. The molecule has 37 heavy (non-hydrogen) atoms. The number of anilines is 2. The lowest BCUT2D eigenvalue weighted by molar-refractivity contribution is -0.118. The molecule has 4 rings (SSSR count). The molecule has 1 aliphatic rings. The van der Waals surface area contributed by atoms with Crippen molar-refractivity contribution >= 4 is 34.0 Å². The maximum atomic E-state index is 13.0. The van der Waals surface area contributed by atoms with Crippen LogP contribution >= 0.6 is 11.3 Å². The van der Waals surface area contributed by atoms with Gasteiger partial charge in [-0.25, -0.2) is 0 Å². The lowest BCUT2D eigenvalue weighted by Crippen LogP contribution is -2.41. The van der Waals surface area contributed by atoms with Gasteiger partial charge in [0.2, 0.25) is 11.0 Å². The number of carbonyl (C=O) groups is 2. The van der Waals surface area contributed by atoms with Crippen LogP contribution in [0.3, 0.4) is 0 Å². The van der Waals surface area contributed by atoms with Crippen molar-refractivity contribution in [3.8, 4) is 16.3 Å². The minimum absolute atomic E-state index is 0.193. The molecule has 0 radical (unpaired) electrons. The van der Waals surface area contributed by atoms with Crippen LogP contribution in [0.4, 0.5) is 10.8 Å². The molecule has 12 heteroatoms. The number of rotatable bonds is 11. The first kappa shape index (κ1) is 26.6. The number of ether oxygens (including phenoxy) is 3. The van der Waals surface area contributed by atoms with Crippen molar-refractivity contribution < 1.29 is 23.8 Å². The fraction of sp³-hybridized carbons (Fsp3) is 0.400. The maximum Gasteiger partial charge on any atom is 0.257 e. The summed E-state index contributed by atoms with van der Waals surface area (Å²) in [4.78, 5) is 31.9. The Labute approximate surface area is 219 Å². The fourth-order valence-corrected chi connectivity index (χ4v) is 4.49. The highest BCUT2D eigenvalue weighted by molar-refractivity contribution is 7.18. The molecule has 3 aromatic rings. The minimum atomic E-state index is -0.375. The van der Waals surface area contributed by atoms with Crippen molar-refractivity contribution in [2.75, 3.05) is 63.8 Å².